The number of carbonyl (C=O) groups excluding carboxylic acids is 2. The molecule has 1 spiro atoms. The number of fused-ring (bicyclic) bond motifs is 2. The Morgan fingerprint density at radius 2 is 1.77 bits per heavy atom. The van der Waals surface area contributed by atoms with Gasteiger partial charge >= 0.3 is 5.97 Å². The zero-order valence-corrected chi connectivity index (χ0v) is 16.2. The highest BCUT2D eigenvalue weighted by Crippen LogP contribution is 2.47. The summed E-state index contributed by atoms with van der Waals surface area (Å²) in [6.45, 7) is -0.665. The topological polar surface area (TPSA) is 109 Å². The van der Waals surface area contributed by atoms with Crippen LogP contribution >= 0.6 is 0 Å². The highest BCUT2D eigenvalue weighted by Gasteiger charge is 2.48. The normalized spacial score (nSPS) is 17.7. The number of benzene rings is 1. The lowest BCUT2D eigenvalue weighted by Gasteiger charge is -2.42. The zero-order chi connectivity index (χ0) is 21.5. The molecule has 8 heteroatoms. The Kier molecular flexibility index (Phi) is 4.93. The Morgan fingerprint density at radius 1 is 1.10 bits per heavy atom. The lowest BCUT2D eigenvalue weighted by molar-refractivity contribution is -0.137. The van der Waals surface area contributed by atoms with Crippen LogP contribution in [0.4, 0.5) is 4.39 Å². The number of aliphatic hydroxyl groups excluding tert-OH is 1. The van der Waals surface area contributed by atoms with Crippen LogP contribution in [0, 0.1) is 5.82 Å². The highest BCUT2D eigenvalue weighted by atomic mass is 19.1. The van der Waals surface area contributed by atoms with Crippen molar-refractivity contribution in [2.75, 3.05) is 6.54 Å². The second-order valence-corrected chi connectivity index (χ2v) is 7.68. The maximum atomic E-state index is 13.4. The molecule has 1 saturated carbocycles. The first-order valence-electron chi connectivity index (χ1n) is 9.81. The van der Waals surface area contributed by atoms with Crippen molar-refractivity contribution in [1.82, 2.24) is 9.88 Å². The maximum absolute atomic E-state index is 13.4. The standard InChI is InChI=1S/C22H21FN2O5/c23-14-6-4-13(5-7-14)15-8-11-25-18(15)19(28)17(21(30)24-12-16(26)27)20(29)22(25)9-2-1-3-10-22/h4-8,11,29H,1-3,9-10,12H2,(H,24,30)(H,26,27). The van der Waals surface area contributed by atoms with Gasteiger partial charge in [0.2, 0.25) is 5.78 Å². The number of carboxylic acids is 1. The van der Waals surface area contributed by atoms with Gasteiger partial charge in [0, 0.05) is 11.8 Å². The van der Waals surface area contributed by atoms with Crippen molar-refractivity contribution < 1.29 is 29.0 Å². The number of halogens is 1. The summed E-state index contributed by atoms with van der Waals surface area (Å²) in [5.74, 6) is -3.58. The number of carboxylic acid groups (broad SMARTS) is 1. The van der Waals surface area contributed by atoms with E-state index in [0.29, 0.717) is 24.0 Å². The molecule has 30 heavy (non-hydrogen) atoms. The van der Waals surface area contributed by atoms with Gasteiger partial charge in [-0.05, 0) is 36.6 Å². The Bertz CT molecular complexity index is 1060. The van der Waals surface area contributed by atoms with E-state index in [2.05, 4.69) is 5.32 Å². The summed E-state index contributed by atoms with van der Waals surface area (Å²) in [4.78, 5) is 36.9. The fourth-order valence-electron chi connectivity index (χ4n) is 4.53. The number of allylic oxidation sites excluding steroid dienone is 1. The molecule has 0 atom stereocenters. The molecule has 0 saturated heterocycles. The van der Waals surface area contributed by atoms with Crippen LogP contribution < -0.4 is 5.32 Å². The number of rotatable bonds is 4. The second kappa shape index (κ2) is 7.44. The summed E-state index contributed by atoms with van der Waals surface area (Å²) in [7, 11) is 0. The first kappa shape index (κ1) is 19.9. The summed E-state index contributed by atoms with van der Waals surface area (Å²) in [5, 5.41) is 22.1. The van der Waals surface area contributed by atoms with Crippen LogP contribution in [-0.4, -0.2) is 39.0 Å². The molecular weight excluding hydrogens is 391 g/mol. The van der Waals surface area contributed by atoms with E-state index in [4.69, 9.17) is 5.11 Å². The molecule has 1 aromatic carbocycles. The molecule has 1 fully saturated rings. The predicted octanol–water partition coefficient (Wildman–Crippen LogP) is 3.16. The number of hydrogen-bond donors (Lipinski definition) is 3. The molecule has 0 radical (unpaired) electrons. The van der Waals surface area contributed by atoms with E-state index >= 15 is 0 Å². The monoisotopic (exact) mass is 412 g/mol. The second-order valence-electron chi connectivity index (χ2n) is 7.68. The van der Waals surface area contributed by atoms with Crippen molar-refractivity contribution in [3.05, 3.63) is 59.4 Å². The van der Waals surface area contributed by atoms with Gasteiger partial charge in [-0.15, -0.1) is 0 Å². The number of nitrogens with one attached hydrogen (secondary N) is 1. The van der Waals surface area contributed by atoms with Gasteiger partial charge in [-0.2, -0.15) is 0 Å². The number of aromatic nitrogens is 1. The van der Waals surface area contributed by atoms with Crippen LogP contribution in [-0.2, 0) is 15.1 Å². The third-order valence-electron chi connectivity index (χ3n) is 5.93. The molecule has 1 aliphatic heterocycles. The first-order chi connectivity index (χ1) is 14.3. The van der Waals surface area contributed by atoms with Crippen molar-refractivity contribution in [2.45, 2.75) is 37.6 Å². The Morgan fingerprint density at radius 3 is 2.40 bits per heavy atom. The summed E-state index contributed by atoms with van der Waals surface area (Å²) in [6, 6.07) is 7.40. The average Bonchev–Trinajstić information content (AvgIpc) is 3.18. The van der Waals surface area contributed by atoms with E-state index in [9.17, 15) is 23.9 Å². The smallest absolute Gasteiger partial charge is 0.322 e. The van der Waals surface area contributed by atoms with Gasteiger partial charge in [0.05, 0.1) is 5.69 Å². The minimum Gasteiger partial charge on any atom is -0.509 e. The lowest BCUT2D eigenvalue weighted by Crippen LogP contribution is -2.47. The van der Waals surface area contributed by atoms with E-state index in [0.717, 1.165) is 19.3 Å². The number of amides is 1. The molecule has 1 aliphatic carbocycles. The van der Waals surface area contributed by atoms with Crippen LogP contribution in [0.25, 0.3) is 11.1 Å². The van der Waals surface area contributed by atoms with Crippen molar-refractivity contribution in [3.8, 4) is 11.1 Å². The van der Waals surface area contributed by atoms with Crippen LogP contribution in [0.5, 0.6) is 0 Å². The Hall–Kier alpha value is -3.42. The van der Waals surface area contributed by atoms with Gasteiger partial charge < -0.3 is 20.1 Å². The van der Waals surface area contributed by atoms with Gasteiger partial charge in [0.1, 0.15) is 29.2 Å². The Balaban J connectivity index is 1.87. The van der Waals surface area contributed by atoms with Gasteiger partial charge in [-0.25, -0.2) is 4.39 Å². The molecule has 2 heterocycles. The molecule has 0 bridgehead atoms. The number of aliphatic carboxylic acids is 1. The SMILES string of the molecule is O=C(O)CNC(=O)C1=C(O)C2(CCCCC2)n2ccc(-c3ccc(F)cc3)c2C1=O. The zero-order valence-electron chi connectivity index (χ0n) is 16.2. The molecule has 0 unspecified atom stereocenters. The number of hydrogen-bond acceptors (Lipinski definition) is 4. The van der Waals surface area contributed by atoms with Gasteiger partial charge in [0.25, 0.3) is 5.91 Å². The molecule has 2 aliphatic rings. The minimum atomic E-state index is -1.26. The van der Waals surface area contributed by atoms with E-state index in [-0.39, 0.29) is 11.5 Å². The first-order valence-corrected chi connectivity index (χ1v) is 9.81. The van der Waals surface area contributed by atoms with Crippen LogP contribution in [0.1, 0.15) is 42.6 Å². The number of Topliss-reactive ketones (excluding diaryl/α,β-unsaturated/α-hetero) is 1. The number of aliphatic hydroxyl groups is 1. The molecule has 2 aromatic rings. The molecule has 1 aromatic heterocycles. The summed E-state index contributed by atoms with van der Waals surface area (Å²) in [5.41, 5.74) is 0.0157. The van der Waals surface area contributed by atoms with Crippen molar-refractivity contribution in [2.24, 2.45) is 0 Å². The Labute approximate surface area is 171 Å². The van der Waals surface area contributed by atoms with E-state index in [1.807, 2.05) is 0 Å². The van der Waals surface area contributed by atoms with Crippen LogP contribution in [0.15, 0.2) is 47.9 Å². The summed E-state index contributed by atoms with van der Waals surface area (Å²) in [6.07, 6.45) is 5.42. The average molecular weight is 412 g/mol. The molecule has 1 amide bonds. The van der Waals surface area contributed by atoms with E-state index < -0.39 is 41.1 Å². The lowest BCUT2D eigenvalue weighted by atomic mass is 9.75. The minimum absolute atomic E-state index is 0.238. The quantitative estimate of drug-likeness (QED) is 0.669. The number of ketones is 1. The molecule has 3 N–H and O–H groups in total. The molecule has 156 valence electrons. The molecular formula is C22H21FN2O5. The fraction of sp³-hybridized carbons (Fsp3) is 0.318. The number of carbonyl (C=O) groups is 3. The van der Waals surface area contributed by atoms with Crippen molar-refractivity contribution >= 4 is 17.7 Å². The maximum Gasteiger partial charge on any atom is 0.322 e. The third-order valence-corrected chi connectivity index (χ3v) is 5.93. The molecule has 7 nitrogen and oxygen atoms in total. The highest BCUT2D eigenvalue weighted by molar-refractivity contribution is 6.28. The van der Waals surface area contributed by atoms with E-state index in [1.54, 1.807) is 29.0 Å². The van der Waals surface area contributed by atoms with Crippen molar-refractivity contribution in [3.63, 3.8) is 0 Å². The predicted molar refractivity (Wildman–Crippen MR) is 106 cm³/mol. The van der Waals surface area contributed by atoms with Crippen LogP contribution in [0.3, 0.4) is 0 Å². The third kappa shape index (κ3) is 3.08. The number of nitrogens with zero attached hydrogens (tertiary/aromatic N) is 1. The fourth-order valence-corrected chi connectivity index (χ4v) is 4.53. The largest absolute Gasteiger partial charge is 0.509 e. The van der Waals surface area contributed by atoms with Gasteiger partial charge in [-0.1, -0.05) is 31.4 Å². The van der Waals surface area contributed by atoms with Gasteiger partial charge in [0.15, 0.2) is 0 Å². The van der Waals surface area contributed by atoms with Crippen LogP contribution in [0.2, 0.25) is 0 Å². The molecule has 4 rings (SSSR count). The summed E-state index contributed by atoms with van der Waals surface area (Å²) >= 11 is 0. The van der Waals surface area contributed by atoms with Gasteiger partial charge in [-0.3, -0.25) is 14.4 Å². The van der Waals surface area contributed by atoms with Crippen molar-refractivity contribution in [1.29, 1.82) is 0 Å². The summed E-state index contributed by atoms with van der Waals surface area (Å²) < 4.78 is 15.1. The van der Waals surface area contributed by atoms with E-state index in [1.165, 1.54) is 12.1 Å².